The van der Waals surface area contributed by atoms with Gasteiger partial charge in [0, 0.05) is 34.8 Å². The molecule has 2 aliphatic rings. The molecule has 0 saturated heterocycles. The number of halogens is 2. The van der Waals surface area contributed by atoms with Crippen molar-refractivity contribution in [1.82, 2.24) is 4.90 Å². The predicted molar refractivity (Wildman–Crippen MR) is 65.2 cm³/mol. The van der Waals surface area contributed by atoms with E-state index in [1.807, 2.05) is 0 Å². The fourth-order valence-electron chi connectivity index (χ4n) is 2.73. The Morgan fingerprint density at radius 3 is 2.21 bits per heavy atom. The van der Waals surface area contributed by atoms with Crippen molar-refractivity contribution in [2.45, 2.75) is 70.4 Å². The third kappa shape index (κ3) is 5.76. The van der Waals surface area contributed by atoms with Crippen LogP contribution in [0, 0.1) is 0 Å². The van der Waals surface area contributed by atoms with Gasteiger partial charge < -0.3 is 24.8 Å². The molecule has 0 aromatic heterocycles. The van der Waals surface area contributed by atoms with Gasteiger partial charge in [-0.2, -0.15) is 0 Å². The molecule has 19 heavy (non-hydrogen) atoms. The molecule has 0 aromatic rings. The zero-order valence-electron chi connectivity index (χ0n) is 11.4. The molecule has 0 atom stereocenters. The van der Waals surface area contributed by atoms with Crippen LogP contribution in [0.1, 0.15) is 58.8 Å². The van der Waals surface area contributed by atoms with Crippen LogP contribution in [0.5, 0.6) is 0 Å². The van der Waals surface area contributed by atoms with Crippen molar-refractivity contribution in [3.8, 4) is 0 Å². The molecule has 0 aromatic carbocycles. The number of carbonyl (C=O) groups excluding carboxylic acids is 1. The Morgan fingerprint density at radius 2 is 1.79 bits per heavy atom. The van der Waals surface area contributed by atoms with Gasteiger partial charge in [0.05, 0.1) is 5.54 Å². The second-order valence-electron chi connectivity index (χ2n) is 5.59. The monoisotopic (exact) mass is 488 g/mol. The van der Waals surface area contributed by atoms with E-state index in [9.17, 15) is 4.79 Å². The molecule has 1 heterocycles. The van der Waals surface area contributed by atoms with Gasteiger partial charge in [0.1, 0.15) is 5.84 Å². The van der Waals surface area contributed by atoms with Crippen LogP contribution in [0.15, 0.2) is 4.99 Å². The maximum Gasteiger partial charge on any atom is 0.318 e. The Hall–Kier alpha value is 0.460. The first-order valence-corrected chi connectivity index (χ1v) is 6.38. The zero-order chi connectivity index (χ0) is 11.6. The Labute approximate surface area is 144 Å². The first kappa shape index (κ1) is 21.8. The van der Waals surface area contributed by atoms with E-state index in [4.69, 9.17) is 0 Å². The second-order valence-corrected chi connectivity index (χ2v) is 5.59. The number of hydrogen-bond donors (Lipinski definition) is 0. The molecule has 1 amide bonds. The molecule has 0 N–H and O–H groups in total. The molecule has 0 bridgehead atoms. The first-order valence-electron chi connectivity index (χ1n) is 6.38. The normalized spacial score (nSPS) is 21.3. The van der Waals surface area contributed by atoms with Crippen LogP contribution < -0.4 is 24.8 Å². The molecule has 2 rings (SSSR count). The van der Waals surface area contributed by atoms with Crippen LogP contribution >= 0.6 is 0 Å². The number of hydrogen-bond acceptors (Lipinski definition) is 2. The van der Waals surface area contributed by atoms with Crippen LogP contribution in [0.2, 0.25) is 0 Å². The van der Waals surface area contributed by atoms with Gasteiger partial charge in [-0.25, -0.2) is 0 Å². The van der Waals surface area contributed by atoms with E-state index in [2.05, 4.69) is 25.2 Å². The second kappa shape index (κ2) is 9.41. The van der Waals surface area contributed by atoms with Crippen molar-refractivity contribution >= 4 is 12.2 Å². The van der Waals surface area contributed by atoms with Crippen molar-refractivity contribution in [2.24, 2.45) is 4.99 Å². The Morgan fingerprint density at radius 1 is 1.21 bits per heavy atom. The molecule has 0 unspecified atom stereocenters. The molecule has 0 spiro atoms. The van der Waals surface area contributed by atoms with E-state index < -0.39 is 0 Å². The molecular weight excluding hydrogens is 468 g/mol. The summed E-state index contributed by atoms with van der Waals surface area (Å²) in [5.41, 5.74) is 0.0130. The Bertz CT molecular complexity index is 305. The fraction of sp³-hybridized carbons (Fsp3) is 0.846. The summed E-state index contributed by atoms with van der Waals surface area (Å²) in [5, 5.41) is 0. The third-order valence-corrected chi connectivity index (χ3v) is 3.71. The average molecular weight is 489 g/mol. The fourth-order valence-corrected chi connectivity index (χ4v) is 2.73. The van der Waals surface area contributed by atoms with E-state index in [1.165, 1.54) is 19.3 Å². The van der Waals surface area contributed by atoms with Gasteiger partial charge in [-0.3, -0.25) is 14.7 Å². The largest absolute Gasteiger partial charge is 1.00 e. The van der Waals surface area contributed by atoms with Crippen LogP contribution in [-0.2, 0) is 27.2 Å². The molecule has 1 aliphatic carbocycles. The molecule has 1 aliphatic heterocycles. The predicted octanol–water partition coefficient (Wildman–Crippen LogP) is -3.34. The van der Waals surface area contributed by atoms with Crippen LogP contribution in [0.3, 0.4) is 0 Å². The van der Waals surface area contributed by atoms with E-state index in [0.29, 0.717) is 6.04 Å². The minimum Gasteiger partial charge on any atom is -1.00 e. The molecular formula is C13H21AuCl2N2O-2. The van der Waals surface area contributed by atoms with Crippen LogP contribution in [-0.4, -0.2) is 28.7 Å². The van der Waals surface area contributed by atoms with Crippen molar-refractivity contribution in [3.63, 3.8) is 0 Å². The van der Waals surface area contributed by atoms with Gasteiger partial charge in [-0.05, 0) is 33.1 Å². The number of amides is 1. The van der Waals surface area contributed by atoms with Gasteiger partial charge >= 0.3 is 6.41 Å². The number of aliphatic imine (C=N–C) groups is 1. The SMILES string of the molecule is CC1(C)CCC(N([C]=O)C2CCCCC2)=N1.[Au].[Cl-].[Cl-]. The number of rotatable bonds is 2. The van der Waals surface area contributed by atoms with Crippen molar-refractivity contribution in [3.05, 3.63) is 0 Å². The molecule has 1 fully saturated rings. The molecule has 116 valence electrons. The topological polar surface area (TPSA) is 32.7 Å². The standard InChI is InChI=1S/C13H21N2O.Au.2ClH/c1-13(2)9-8-12(14-13)15(10-16)11-6-4-3-5-7-11;;;/h11H,3-9H2,1-2H3;;2*1H/p-2. The maximum atomic E-state index is 11.1. The number of nitrogens with zero attached hydrogens (tertiary/aromatic N) is 2. The van der Waals surface area contributed by atoms with Gasteiger partial charge in [0.2, 0.25) is 0 Å². The summed E-state index contributed by atoms with van der Waals surface area (Å²) in [5.74, 6) is 0.965. The smallest absolute Gasteiger partial charge is 0.318 e. The summed E-state index contributed by atoms with van der Waals surface area (Å²) in [4.78, 5) is 17.6. The van der Waals surface area contributed by atoms with Crippen molar-refractivity contribution in [1.29, 1.82) is 0 Å². The first-order chi connectivity index (χ1) is 7.62. The van der Waals surface area contributed by atoms with E-state index in [1.54, 1.807) is 4.90 Å². The van der Waals surface area contributed by atoms with Gasteiger partial charge in [0.15, 0.2) is 0 Å². The van der Waals surface area contributed by atoms with Crippen molar-refractivity contribution < 1.29 is 52.0 Å². The Kier molecular flexibility index (Phi) is 10.8. The molecule has 3 nitrogen and oxygen atoms in total. The Balaban J connectivity index is 0. The minimum atomic E-state index is 0. The minimum absolute atomic E-state index is 0. The van der Waals surface area contributed by atoms with Crippen molar-refractivity contribution in [2.75, 3.05) is 0 Å². The number of amidine groups is 1. The zero-order valence-corrected chi connectivity index (χ0v) is 15.1. The third-order valence-electron chi connectivity index (χ3n) is 3.71. The molecule has 1 saturated carbocycles. The summed E-state index contributed by atoms with van der Waals surface area (Å²) in [6, 6.07) is 0.360. The molecule has 6 heteroatoms. The summed E-state index contributed by atoms with van der Waals surface area (Å²) in [6.45, 7) is 4.26. The van der Waals surface area contributed by atoms with Gasteiger partial charge in [-0.15, -0.1) is 0 Å². The van der Waals surface area contributed by atoms with Crippen LogP contribution in [0.4, 0.5) is 0 Å². The summed E-state index contributed by atoms with van der Waals surface area (Å²) in [6.07, 6.45) is 10.1. The van der Waals surface area contributed by atoms with E-state index in [0.717, 1.165) is 31.5 Å². The summed E-state index contributed by atoms with van der Waals surface area (Å²) >= 11 is 0. The van der Waals surface area contributed by atoms with Gasteiger partial charge in [0.25, 0.3) is 0 Å². The van der Waals surface area contributed by atoms with Gasteiger partial charge in [-0.1, -0.05) is 19.3 Å². The van der Waals surface area contributed by atoms with Crippen LogP contribution in [0.25, 0.3) is 0 Å². The van der Waals surface area contributed by atoms with E-state index in [-0.39, 0.29) is 52.7 Å². The summed E-state index contributed by atoms with van der Waals surface area (Å²) < 4.78 is 0. The summed E-state index contributed by atoms with van der Waals surface area (Å²) in [7, 11) is 0. The quantitative estimate of drug-likeness (QED) is 0.295. The maximum absolute atomic E-state index is 11.1. The average Bonchev–Trinajstić information content (AvgIpc) is 2.62. The van der Waals surface area contributed by atoms with E-state index >= 15 is 0 Å². The molecule has 2 radical (unpaired) electrons.